The van der Waals surface area contributed by atoms with Crippen molar-refractivity contribution >= 4 is 23.5 Å². The molecule has 0 aliphatic rings. The SMILES string of the molecule is COc1ncc(-c2cccc(OC(=O)P=NP)c2)c(C)c1C(F)(F)F. The lowest BCUT2D eigenvalue weighted by atomic mass is 9.98. The van der Waals surface area contributed by atoms with Crippen LogP contribution in [-0.4, -0.2) is 17.8 Å². The molecule has 0 amide bonds. The van der Waals surface area contributed by atoms with Gasteiger partial charge in [-0.1, -0.05) is 12.1 Å². The van der Waals surface area contributed by atoms with Crippen LogP contribution >= 0.6 is 17.8 Å². The second-order valence-corrected chi connectivity index (χ2v) is 6.28. The smallest absolute Gasteiger partial charge is 0.421 e. The van der Waals surface area contributed by atoms with Crippen LogP contribution in [0.2, 0.25) is 0 Å². The Kier molecular flexibility index (Phi) is 6.09. The zero-order valence-corrected chi connectivity index (χ0v) is 15.2. The van der Waals surface area contributed by atoms with Crippen molar-refractivity contribution in [3.63, 3.8) is 0 Å². The molecule has 10 heteroatoms. The van der Waals surface area contributed by atoms with E-state index in [9.17, 15) is 18.0 Å². The Morgan fingerprint density at radius 1 is 1.36 bits per heavy atom. The lowest BCUT2D eigenvalue weighted by Gasteiger charge is -2.17. The summed E-state index contributed by atoms with van der Waals surface area (Å²) in [6.45, 7) is 1.34. The van der Waals surface area contributed by atoms with Crippen molar-refractivity contribution in [2.75, 3.05) is 7.11 Å². The maximum atomic E-state index is 13.3. The summed E-state index contributed by atoms with van der Waals surface area (Å²) in [4.78, 5) is 15.2. The Morgan fingerprint density at radius 3 is 2.68 bits per heavy atom. The van der Waals surface area contributed by atoms with Crippen LogP contribution in [0.1, 0.15) is 11.1 Å². The predicted molar refractivity (Wildman–Crippen MR) is 91.0 cm³/mol. The number of rotatable bonds is 4. The van der Waals surface area contributed by atoms with Gasteiger partial charge in [0.25, 0.3) is 0 Å². The van der Waals surface area contributed by atoms with Gasteiger partial charge in [-0.3, -0.25) is 0 Å². The maximum absolute atomic E-state index is 13.3. The van der Waals surface area contributed by atoms with E-state index in [1.807, 2.05) is 9.39 Å². The molecular weight excluding hydrogens is 375 g/mol. The van der Waals surface area contributed by atoms with Gasteiger partial charge in [-0.25, -0.2) is 14.3 Å². The van der Waals surface area contributed by atoms with Crippen LogP contribution in [0.3, 0.4) is 0 Å². The maximum Gasteiger partial charge on any atom is 0.421 e. The van der Waals surface area contributed by atoms with Crippen molar-refractivity contribution < 1.29 is 27.4 Å². The third-order valence-corrected chi connectivity index (χ3v) is 3.99. The van der Waals surface area contributed by atoms with E-state index >= 15 is 0 Å². The fraction of sp³-hybridized carbons (Fsp3) is 0.200. The highest BCUT2D eigenvalue weighted by atomic mass is 31.1. The number of benzene rings is 1. The molecular formula is C15H13F3N2O3P2. The number of nitrogens with zero attached hydrogens (tertiary/aromatic N) is 2. The quantitative estimate of drug-likeness (QED) is 0.649. The van der Waals surface area contributed by atoms with Crippen LogP contribution < -0.4 is 9.47 Å². The van der Waals surface area contributed by atoms with Crippen LogP contribution in [0.25, 0.3) is 11.1 Å². The van der Waals surface area contributed by atoms with Crippen molar-refractivity contribution in [3.8, 4) is 22.8 Å². The van der Waals surface area contributed by atoms with E-state index in [-0.39, 0.29) is 25.2 Å². The van der Waals surface area contributed by atoms with Crippen LogP contribution in [-0.2, 0) is 6.18 Å². The number of hydrogen-bond donors (Lipinski definition) is 0. The molecule has 1 aromatic heterocycles. The van der Waals surface area contributed by atoms with Gasteiger partial charge in [0.2, 0.25) is 5.88 Å². The van der Waals surface area contributed by atoms with Gasteiger partial charge in [0.05, 0.1) is 7.11 Å². The minimum atomic E-state index is -4.61. The molecule has 0 aliphatic heterocycles. The molecule has 5 nitrogen and oxygen atoms in total. The first-order valence-corrected chi connectivity index (χ1v) is 8.18. The largest absolute Gasteiger partial charge is 0.481 e. The molecule has 0 bridgehead atoms. The Bertz CT molecular complexity index is 826. The second kappa shape index (κ2) is 7.89. The van der Waals surface area contributed by atoms with Crippen molar-refractivity contribution in [2.24, 2.45) is 4.52 Å². The zero-order valence-electron chi connectivity index (χ0n) is 13.2. The van der Waals surface area contributed by atoms with E-state index in [1.54, 1.807) is 12.1 Å². The number of halogens is 3. The zero-order chi connectivity index (χ0) is 18.6. The third-order valence-electron chi connectivity index (χ3n) is 3.27. The summed E-state index contributed by atoms with van der Waals surface area (Å²) < 4.78 is 53.3. The first-order valence-electron chi connectivity index (χ1n) is 6.82. The highest BCUT2D eigenvalue weighted by molar-refractivity contribution is 7.51. The number of hydrogen-bond acceptors (Lipinski definition) is 5. The molecule has 1 aromatic carbocycles. The number of methoxy groups -OCH3 is 1. The molecule has 1 unspecified atom stereocenters. The summed E-state index contributed by atoms with van der Waals surface area (Å²) in [5.41, 5.74) is -0.869. The summed E-state index contributed by atoms with van der Waals surface area (Å²) in [7, 11) is 3.27. The van der Waals surface area contributed by atoms with Crippen LogP contribution in [0.15, 0.2) is 35.0 Å². The number of alkyl halides is 3. The van der Waals surface area contributed by atoms with Gasteiger partial charge in [0, 0.05) is 11.8 Å². The van der Waals surface area contributed by atoms with Crippen molar-refractivity contribution in [1.29, 1.82) is 0 Å². The molecule has 0 saturated heterocycles. The summed E-state index contributed by atoms with van der Waals surface area (Å²) in [5.74, 6) is -0.287. The lowest BCUT2D eigenvalue weighted by molar-refractivity contribution is -0.139. The third kappa shape index (κ3) is 4.53. The standard InChI is InChI=1S/C15H13F3N2O3P2/c1-8-11(7-19-13(22-2)12(8)15(16,17)18)9-4-3-5-10(6-9)23-14(21)25-20-24/h3-7H,24H2,1-2H3. The van der Waals surface area contributed by atoms with Gasteiger partial charge >= 0.3 is 11.9 Å². The second-order valence-electron chi connectivity index (χ2n) is 4.79. The van der Waals surface area contributed by atoms with Crippen molar-refractivity contribution in [3.05, 3.63) is 41.6 Å². The first kappa shape index (κ1) is 19.3. The fourth-order valence-corrected chi connectivity index (χ4v) is 2.78. The van der Waals surface area contributed by atoms with Crippen molar-refractivity contribution in [1.82, 2.24) is 4.98 Å². The monoisotopic (exact) mass is 388 g/mol. The highest BCUT2D eigenvalue weighted by Crippen LogP contribution is 2.41. The summed E-state index contributed by atoms with van der Waals surface area (Å²) in [6, 6.07) is 6.17. The number of pyridine rings is 1. The number of carbonyl (C=O) groups excluding carboxylic acids is 1. The fourth-order valence-electron chi connectivity index (χ4n) is 2.25. The van der Waals surface area contributed by atoms with E-state index < -0.39 is 23.3 Å². The molecule has 25 heavy (non-hydrogen) atoms. The topological polar surface area (TPSA) is 60.8 Å². The van der Waals surface area contributed by atoms with Gasteiger partial charge < -0.3 is 9.47 Å². The summed E-state index contributed by atoms with van der Waals surface area (Å²) in [6.07, 6.45) is -3.32. The van der Waals surface area contributed by atoms with E-state index in [4.69, 9.17) is 9.47 Å². The lowest BCUT2D eigenvalue weighted by Crippen LogP contribution is -2.12. The minimum Gasteiger partial charge on any atom is -0.481 e. The summed E-state index contributed by atoms with van der Waals surface area (Å²) in [5, 5.41) is 0. The van der Waals surface area contributed by atoms with Gasteiger partial charge in [0.15, 0.2) is 0 Å². The molecule has 0 aliphatic carbocycles. The number of aromatic nitrogens is 1. The average molecular weight is 388 g/mol. The van der Waals surface area contributed by atoms with Gasteiger partial charge in [0.1, 0.15) is 19.7 Å². The van der Waals surface area contributed by atoms with E-state index in [1.165, 1.54) is 25.3 Å². The molecule has 132 valence electrons. The van der Waals surface area contributed by atoms with Gasteiger partial charge in [-0.2, -0.15) is 13.2 Å². The molecule has 0 N–H and O–H groups in total. The Morgan fingerprint density at radius 2 is 2.08 bits per heavy atom. The molecule has 1 atom stereocenters. The molecule has 2 aromatic rings. The number of ether oxygens (including phenoxy) is 2. The van der Waals surface area contributed by atoms with Crippen molar-refractivity contribution in [2.45, 2.75) is 13.1 Å². The molecule has 0 saturated carbocycles. The molecule has 1 heterocycles. The highest BCUT2D eigenvalue weighted by Gasteiger charge is 2.38. The molecule has 0 spiro atoms. The normalized spacial score (nSPS) is 11.6. The molecule has 0 radical (unpaired) electrons. The van der Waals surface area contributed by atoms with E-state index in [0.29, 0.717) is 5.56 Å². The molecule has 0 fully saturated rings. The van der Waals surface area contributed by atoms with Crippen LogP contribution in [0, 0.1) is 6.92 Å². The van der Waals surface area contributed by atoms with E-state index in [2.05, 4.69) is 9.50 Å². The molecule has 2 rings (SSSR count). The Balaban J connectivity index is 2.51. The summed E-state index contributed by atoms with van der Waals surface area (Å²) >= 11 is 0. The van der Waals surface area contributed by atoms with Gasteiger partial charge in [-0.15, -0.1) is 0 Å². The van der Waals surface area contributed by atoms with Crippen LogP contribution in [0.5, 0.6) is 11.6 Å². The minimum absolute atomic E-state index is 0.0269. The number of carbonyl (C=O) groups is 1. The first-order chi connectivity index (χ1) is 11.8. The Labute approximate surface area is 145 Å². The van der Waals surface area contributed by atoms with E-state index in [0.717, 1.165) is 7.11 Å². The van der Waals surface area contributed by atoms with Gasteiger partial charge in [-0.05, 0) is 39.6 Å². The average Bonchev–Trinajstić information content (AvgIpc) is 2.53. The predicted octanol–water partition coefficient (Wildman–Crippen LogP) is 5.50. The van der Waals surface area contributed by atoms with Crippen LogP contribution in [0.4, 0.5) is 18.0 Å². The Hall–Kier alpha value is -2.04.